The number of carbonyl (C=O) groups is 1. The lowest BCUT2D eigenvalue weighted by Gasteiger charge is -2.13. The van der Waals surface area contributed by atoms with Crippen LogP contribution in [0.15, 0.2) is 12.1 Å². The van der Waals surface area contributed by atoms with E-state index in [9.17, 15) is 9.90 Å². The number of carboxylic acid groups (broad SMARTS) is 1. The molecule has 0 aliphatic carbocycles. The van der Waals surface area contributed by atoms with Gasteiger partial charge in [-0.15, -0.1) is 0 Å². The summed E-state index contributed by atoms with van der Waals surface area (Å²) in [6, 6.07) is 3.23. The maximum absolute atomic E-state index is 11.0. The van der Waals surface area contributed by atoms with E-state index in [1.165, 1.54) is 0 Å². The van der Waals surface area contributed by atoms with Crippen LogP contribution in [0, 0.1) is 0 Å². The normalized spacial score (nSPS) is 15.8. The van der Waals surface area contributed by atoms with Gasteiger partial charge in [0.15, 0.2) is 0 Å². The number of hydrogen-bond acceptors (Lipinski definition) is 4. The molecule has 1 aromatic carbocycles. The third kappa shape index (κ3) is 1.75. The fourth-order valence-electron chi connectivity index (χ4n) is 1.87. The van der Waals surface area contributed by atoms with E-state index < -0.39 is 11.9 Å². The first kappa shape index (κ1) is 10.9. The van der Waals surface area contributed by atoms with E-state index >= 15 is 0 Å². The lowest BCUT2D eigenvalue weighted by molar-refractivity contribution is -0.138. The zero-order chi connectivity index (χ0) is 11.7. The molecule has 16 heavy (non-hydrogen) atoms. The van der Waals surface area contributed by atoms with Crippen LogP contribution < -0.4 is 5.73 Å². The highest BCUT2D eigenvalue weighted by Crippen LogP contribution is 2.32. The monoisotopic (exact) mass is 223 g/mol. The summed E-state index contributed by atoms with van der Waals surface area (Å²) >= 11 is 0. The van der Waals surface area contributed by atoms with Gasteiger partial charge in [-0.25, -0.2) is 0 Å². The van der Waals surface area contributed by atoms with E-state index in [2.05, 4.69) is 0 Å². The maximum Gasteiger partial charge on any atom is 0.312 e. The largest absolute Gasteiger partial charge is 0.508 e. The van der Waals surface area contributed by atoms with Gasteiger partial charge in [-0.3, -0.25) is 4.79 Å². The minimum Gasteiger partial charge on any atom is -0.508 e. The Morgan fingerprint density at radius 1 is 1.44 bits per heavy atom. The highest BCUT2D eigenvalue weighted by Gasteiger charge is 2.24. The van der Waals surface area contributed by atoms with E-state index in [0.29, 0.717) is 18.8 Å². The summed E-state index contributed by atoms with van der Waals surface area (Å²) in [5.74, 6) is -1.93. The van der Waals surface area contributed by atoms with Gasteiger partial charge in [0.2, 0.25) is 0 Å². The van der Waals surface area contributed by atoms with Crippen LogP contribution in [0.1, 0.15) is 22.6 Å². The van der Waals surface area contributed by atoms with Gasteiger partial charge in [-0.1, -0.05) is 0 Å². The summed E-state index contributed by atoms with van der Waals surface area (Å²) in [5, 5.41) is 18.7. The molecule has 1 unspecified atom stereocenters. The van der Waals surface area contributed by atoms with Crippen LogP contribution in [-0.2, 0) is 22.7 Å². The number of rotatable bonds is 3. The highest BCUT2D eigenvalue weighted by molar-refractivity contribution is 5.77. The average Bonchev–Trinajstić information content (AvgIpc) is 2.65. The number of aliphatic carboxylic acids is 1. The standard InChI is InChI=1S/C11H13NO4/c12-3-9(11(14)15)8-1-6-4-16-5-7(6)2-10(8)13/h1-2,9,13H,3-5,12H2,(H,14,15). The Morgan fingerprint density at radius 2 is 2.06 bits per heavy atom. The number of carboxylic acids is 1. The second-order valence-corrected chi connectivity index (χ2v) is 3.80. The van der Waals surface area contributed by atoms with Gasteiger partial charge in [-0.05, 0) is 23.3 Å². The molecule has 0 radical (unpaired) electrons. The maximum atomic E-state index is 11.0. The number of phenolic OH excluding ortho intramolecular Hbond substituents is 1. The van der Waals surface area contributed by atoms with Crippen LogP contribution in [0.25, 0.3) is 0 Å². The average molecular weight is 223 g/mol. The number of nitrogens with two attached hydrogens (primary N) is 1. The van der Waals surface area contributed by atoms with Crippen molar-refractivity contribution in [2.75, 3.05) is 6.54 Å². The molecule has 5 heteroatoms. The summed E-state index contributed by atoms with van der Waals surface area (Å²) in [6.45, 7) is 0.881. The molecule has 1 aromatic rings. The molecule has 0 saturated carbocycles. The van der Waals surface area contributed by atoms with Crippen molar-refractivity contribution in [1.29, 1.82) is 0 Å². The van der Waals surface area contributed by atoms with Crippen molar-refractivity contribution in [3.05, 3.63) is 28.8 Å². The summed E-state index contributed by atoms with van der Waals surface area (Å²) in [7, 11) is 0. The Bertz CT molecular complexity index is 430. The second-order valence-electron chi connectivity index (χ2n) is 3.80. The van der Waals surface area contributed by atoms with Gasteiger partial charge in [-0.2, -0.15) is 0 Å². The van der Waals surface area contributed by atoms with E-state index in [0.717, 1.165) is 11.1 Å². The molecule has 4 N–H and O–H groups in total. The predicted octanol–water partition coefficient (Wildman–Crippen LogP) is 0.549. The third-order valence-corrected chi connectivity index (χ3v) is 2.77. The van der Waals surface area contributed by atoms with Gasteiger partial charge in [0, 0.05) is 12.1 Å². The first-order valence-corrected chi connectivity index (χ1v) is 4.98. The van der Waals surface area contributed by atoms with Crippen LogP contribution in [0.4, 0.5) is 0 Å². The minimum absolute atomic E-state index is 0.0258. The van der Waals surface area contributed by atoms with Crippen molar-refractivity contribution in [3.63, 3.8) is 0 Å². The van der Waals surface area contributed by atoms with Gasteiger partial charge in [0.05, 0.1) is 19.1 Å². The summed E-state index contributed by atoms with van der Waals surface area (Å²) < 4.78 is 5.21. The van der Waals surface area contributed by atoms with Crippen LogP contribution in [0.2, 0.25) is 0 Å². The Morgan fingerprint density at radius 3 is 2.62 bits per heavy atom. The number of phenols is 1. The predicted molar refractivity (Wildman–Crippen MR) is 56.0 cm³/mol. The first-order chi connectivity index (χ1) is 7.63. The smallest absolute Gasteiger partial charge is 0.312 e. The quantitative estimate of drug-likeness (QED) is 0.695. The van der Waals surface area contributed by atoms with Gasteiger partial charge in [0.25, 0.3) is 0 Å². The lowest BCUT2D eigenvalue weighted by Crippen LogP contribution is -2.21. The highest BCUT2D eigenvalue weighted by atomic mass is 16.5. The van der Waals surface area contributed by atoms with E-state index in [1.54, 1.807) is 12.1 Å². The fraction of sp³-hybridized carbons (Fsp3) is 0.364. The molecule has 0 aromatic heterocycles. The second kappa shape index (κ2) is 4.11. The molecule has 0 saturated heterocycles. The molecule has 0 fully saturated rings. The molecule has 1 aliphatic rings. The van der Waals surface area contributed by atoms with Crippen molar-refractivity contribution >= 4 is 5.97 Å². The molecule has 5 nitrogen and oxygen atoms in total. The van der Waals surface area contributed by atoms with Crippen molar-refractivity contribution in [2.24, 2.45) is 5.73 Å². The zero-order valence-electron chi connectivity index (χ0n) is 8.64. The molecule has 0 spiro atoms. The molecule has 0 bridgehead atoms. The lowest BCUT2D eigenvalue weighted by atomic mass is 9.94. The fourth-order valence-corrected chi connectivity index (χ4v) is 1.87. The van der Waals surface area contributed by atoms with Crippen LogP contribution >= 0.6 is 0 Å². The van der Waals surface area contributed by atoms with Crippen LogP contribution in [0.3, 0.4) is 0 Å². The molecular weight excluding hydrogens is 210 g/mol. The summed E-state index contributed by atoms with van der Waals surface area (Å²) in [5.41, 5.74) is 7.59. The third-order valence-electron chi connectivity index (χ3n) is 2.77. The Kier molecular flexibility index (Phi) is 2.80. The Hall–Kier alpha value is -1.59. The SMILES string of the molecule is NCC(C(=O)O)c1cc2c(cc1O)COC2. The molecule has 1 aliphatic heterocycles. The topological polar surface area (TPSA) is 92.8 Å². The number of aromatic hydroxyl groups is 1. The molecule has 86 valence electrons. The molecular formula is C11H13NO4. The van der Waals surface area contributed by atoms with Crippen molar-refractivity contribution in [3.8, 4) is 5.75 Å². The first-order valence-electron chi connectivity index (χ1n) is 4.98. The molecule has 2 rings (SSSR count). The molecule has 1 heterocycles. The number of benzene rings is 1. The van der Waals surface area contributed by atoms with E-state index in [-0.39, 0.29) is 12.3 Å². The van der Waals surface area contributed by atoms with Gasteiger partial charge >= 0.3 is 5.97 Å². The Balaban J connectivity index is 2.44. The zero-order valence-corrected chi connectivity index (χ0v) is 8.64. The molecule has 0 amide bonds. The van der Waals surface area contributed by atoms with Gasteiger partial charge in [0.1, 0.15) is 5.75 Å². The summed E-state index contributed by atoms with van der Waals surface area (Å²) in [4.78, 5) is 11.0. The van der Waals surface area contributed by atoms with Crippen molar-refractivity contribution in [1.82, 2.24) is 0 Å². The van der Waals surface area contributed by atoms with E-state index in [4.69, 9.17) is 15.6 Å². The van der Waals surface area contributed by atoms with Crippen molar-refractivity contribution < 1.29 is 19.7 Å². The summed E-state index contributed by atoms with van der Waals surface area (Å²) in [6.07, 6.45) is 0. The number of fused-ring (bicyclic) bond motifs is 1. The van der Waals surface area contributed by atoms with Crippen LogP contribution in [0.5, 0.6) is 5.75 Å². The number of hydrogen-bond donors (Lipinski definition) is 3. The number of ether oxygens (including phenoxy) is 1. The Labute approximate surface area is 92.5 Å². The van der Waals surface area contributed by atoms with Gasteiger partial charge < -0.3 is 20.7 Å². The van der Waals surface area contributed by atoms with Crippen LogP contribution in [-0.4, -0.2) is 22.7 Å². The van der Waals surface area contributed by atoms with Crippen molar-refractivity contribution in [2.45, 2.75) is 19.1 Å². The molecule has 1 atom stereocenters. The minimum atomic E-state index is -1.03. The van der Waals surface area contributed by atoms with E-state index in [1.807, 2.05) is 0 Å².